The molecular weight excluding hydrogens is 152 g/mol. The molecule has 1 N–H and O–H groups in total. The monoisotopic (exact) mass is 176 g/mol. The van der Waals surface area contributed by atoms with Crippen LogP contribution >= 0.6 is 0 Å². The van der Waals surface area contributed by atoms with E-state index in [-0.39, 0.29) is 6.42 Å². The Morgan fingerprint density at radius 3 is 1.42 bits per heavy atom. The van der Waals surface area contributed by atoms with E-state index in [1.165, 1.54) is 6.42 Å². The second-order valence-corrected chi connectivity index (χ2v) is 2.55. The Morgan fingerprint density at radius 1 is 1.25 bits per heavy atom. The van der Waals surface area contributed by atoms with E-state index in [1.54, 1.807) is 6.92 Å². The average molecular weight is 176 g/mol. The largest absolute Gasteiger partial charge is 0.481 e. The molecule has 0 heterocycles. The summed E-state index contributed by atoms with van der Waals surface area (Å²) in [6, 6.07) is 0. The summed E-state index contributed by atoms with van der Waals surface area (Å²) in [5, 5.41) is 7.72. The highest BCUT2D eigenvalue weighted by molar-refractivity contribution is 5.66. The summed E-state index contributed by atoms with van der Waals surface area (Å²) in [6.07, 6.45) is 1.53. The maximum absolute atomic E-state index is 9.37. The van der Waals surface area contributed by atoms with E-state index < -0.39 is 5.97 Å². The maximum Gasteiger partial charge on any atom is 0.303 e. The molecule has 0 spiro atoms. The van der Waals surface area contributed by atoms with Crippen LogP contribution in [0.25, 0.3) is 0 Å². The molecule has 76 valence electrons. The van der Waals surface area contributed by atoms with Gasteiger partial charge in [-0.3, -0.25) is 4.79 Å². The quantitative estimate of drug-likeness (QED) is 0.698. The molecule has 0 radical (unpaired) electrons. The molecule has 0 saturated carbocycles. The Labute approximate surface area is 77.0 Å². The van der Waals surface area contributed by atoms with Gasteiger partial charge in [-0.05, 0) is 5.92 Å². The molecule has 0 rings (SSSR count). The highest BCUT2D eigenvalue weighted by Gasteiger charge is 1.81. The average Bonchev–Trinajstić information content (AvgIpc) is 2.09. The minimum atomic E-state index is -0.745. The van der Waals surface area contributed by atoms with E-state index in [2.05, 4.69) is 20.8 Å². The third-order valence-electron chi connectivity index (χ3n) is 1.12. The topological polar surface area (TPSA) is 37.3 Å². The third-order valence-corrected chi connectivity index (χ3v) is 1.12. The van der Waals surface area contributed by atoms with Crippen molar-refractivity contribution in [3.05, 3.63) is 0 Å². The second-order valence-electron chi connectivity index (χ2n) is 2.55. The lowest BCUT2D eigenvalue weighted by Crippen LogP contribution is -1.86. The first-order valence-corrected chi connectivity index (χ1v) is 4.76. The summed E-state index contributed by atoms with van der Waals surface area (Å²) in [7, 11) is 0. The van der Waals surface area contributed by atoms with Crippen molar-refractivity contribution in [3.63, 3.8) is 0 Å². The summed E-state index contributed by atoms with van der Waals surface area (Å²) in [6.45, 7) is 12.2. The number of carboxylic acid groups (broad SMARTS) is 1. The summed E-state index contributed by atoms with van der Waals surface area (Å²) in [5.74, 6) is 0.139. The van der Waals surface area contributed by atoms with Crippen LogP contribution in [0.5, 0.6) is 0 Å². The number of hydrogen-bond donors (Lipinski definition) is 1. The van der Waals surface area contributed by atoms with Crippen molar-refractivity contribution in [2.24, 2.45) is 5.92 Å². The lowest BCUT2D eigenvalue weighted by molar-refractivity contribution is -0.136. The van der Waals surface area contributed by atoms with Crippen LogP contribution < -0.4 is 0 Å². The molecule has 0 amide bonds. The molecule has 0 atom stereocenters. The van der Waals surface area contributed by atoms with Gasteiger partial charge in [-0.25, -0.2) is 0 Å². The van der Waals surface area contributed by atoms with Gasteiger partial charge in [0, 0.05) is 6.42 Å². The van der Waals surface area contributed by atoms with Crippen LogP contribution in [0.3, 0.4) is 0 Å². The Bertz CT molecular complexity index is 77.9. The lowest BCUT2D eigenvalue weighted by Gasteiger charge is -1.90. The highest BCUT2D eigenvalue weighted by Crippen LogP contribution is 1.93. The molecule has 0 unspecified atom stereocenters. The van der Waals surface area contributed by atoms with Gasteiger partial charge in [-0.1, -0.05) is 48.0 Å². The number of hydrogen-bond acceptors (Lipinski definition) is 1. The zero-order chi connectivity index (χ0) is 10.6. The third kappa shape index (κ3) is 56.4. The van der Waals surface area contributed by atoms with Gasteiger partial charge in [0.1, 0.15) is 0 Å². The fraction of sp³-hybridized carbons (Fsp3) is 0.900. The molecule has 0 aliphatic rings. The number of rotatable bonds is 2. The molecule has 0 aromatic heterocycles. The van der Waals surface area contributed by atoms with Gasteiger partial charge in [-0.2, -0.15) is 0 Å². The fourth-order valence-corrected chi connectivity index (χ4v) is 0. The second kappa shape index (κ2) is 16.8. The lowest BCUT2D eigenvalue weighted by atomic mass is 10.2. The Morgan fingerprint density at radius 2 is 1.42 bits per heavy atom. The van der Waals surface area contributed by atoms with Crippen LogP contribution in [-0.4, -0.2) is 11.1 Å². The maximum atomic E-state index is 9.37. The molecule has 0 aromatic rings. The highest BCUT2D eigenvalue weighted by atomic mass is 16.4. The summed E-state index contributed by atoms with van der Waals surface area (Å²) in [5.41, 5.74) is 0. The number of aliphatic carboxylic acids is 1. The van der Waals surface area contributed by atoms with Gasteiger partial charge in [0.05, 0.1) is 0 Å². The van der Waals surface area contributed by atoms with Crippen molar-refractivity contribution in [2.75, 3.05) is 0 Å². The Kier molecular flexibility index (Phi) is 24.6. The molecule has 0 aliphatic heterocycles. The van der Waals surface area contributed by atoms with Crippen LogP contribution in [0.1, 0.15) is 54.4 Å². The van der Waals surface area contributed by atoms with E-state index in [1.807, 2.05) is 13.8 Å². The van der Waals surface area contributed by atoms with Crippen LogP contribution in [0.15, 0.2) is 0 Å². The summed E-state index contributed by atoms with van der Waals surface area (Å²) in [4.78, 5) is 9.37. The molecule has 0 bridgehead atoms. The Hall–Kier alpha value is -0.530. The fourth-order valence-electron chi connectivity index (χ4n) is 0. The predicted molar refractivity (Wildman–Crippen MR) is 54.4 cm³/mol. The normalized spacial score (nSPS) is 7.58. The van der Waals surface area contributed by atoms with Crippen LogP contribution in [0, 0.1) is 5.92 Å². The van der Waals surface area contributed by atoms with Crippen molar-refractivity contribution in [1.82, 2.24) is 0 Å². The van der Waals surface area contributed by atoms with Crippen molar-refractivity contribution in [1.29, 1.82) is 0 Å². The summed E-state index contributed by atoms with van der Waals surface area (Å²) < 4.78 is 0. The molecule has 0 aliphatic carbocycles. The summed E-state index contributed by atoms with van der Waals surface area (Å²) >= 11 is 0. The predicted octanol–water partition coefficient (Wildman–Crippen LogP) is 3.56. The Balaban J connectivity index is -0.000000112. The molecule has 0 aromatic carbocycles. The van der Waals surface area contributed by atoms with Crippen molar-refractivity contribution >= 4 is 5.97 Å². The SMILES string of the molecule is CC.CCC(=O)O.CCC(C)C. The first-order chi connectivity index (χ1) is 5.54. The van der Waals surface area contributed by atoms with Crippen LogP contribution in [0.4, 0.5) is 0 Å². The first-order valence-electron chi connectivity index (χ1n) is 4.76. The standard InChI is InChI=1S/C5H12.C3H6O2.C2H6/c1-4-5(2)3;1-2-3(4)5;1-2/h5H,4H2,1-3H3;2H2,1H3,(H,4,5);1-2H3. The van der Waals surface area contributed by atoms with Gasteiger partial charge in [-0.15, -0.1) is 0 Å². The molecule has 2 heteroatoms. The molecule has 12 heavy (non-hydrogen) atoms. The van der Waals surface area contributed by atoms with Gasteiger partial charge < -0.3 is 5.11 Å². The number of carbonyl (C=O) groups is 1. The van der Waals surface area contributed by atoms with E-state index in [0.717, 1.165) is 5.92 Å². The molecule has 0 fully saturated rings. The van der Waals surface area contributed by atoms with Gasteiger partial charge in [0.25, 0.3) is 0 Å². The van der Waals surface area contributed by atoms with Gasteiger partial charge in [0.2, 0.25) is 0 Å². The van der Waals surface area contributed by atoms with Gasteiger partial charge in [0.15, 0.2) is 0 Å². The molecule has 2 nitrogen and oxygen atoms in total. The number of carboxylic acids is 1. The van der Waals surface area contributed by atoms with Crippen molar-refractivity contribution in [2.45, 2.75) is 54.4 Å². The van der Waals surface area contributed by atoms with Gasteiger partial charge >= 0.3 is 5.97 Å². The van der Waals surface area contributed by atoms with E-state index >= 15 is 0 Å². The van der Waals surface area contributed by atoms with E-state index in [0.29, 0.717) is 0 Å². The van der Waals surface area contributed by atoms with E-state index in [4.69, 9.17) is 5.11 Å². The van der Waals surface area contributed by atoms with Crippen LogP contribution in [-0.2, 0) is 4.79 Å². The van der Waals surface area contributed by atoms with Crippen molar-refractivity contribution < 1.29 is 9.90 Å². The van der Waals surface area contributed by atoms with Crippen molar-refractivity contribution in [3.8, 4) is 0 Å². The zero-order valence-electron chi connectivity index (χ0n) is 9.35. The minimum absolute atomic E-state index is 0.222. The molecular formula is C10H24O2. The zero-order valence-corrected chi connectivity index (χ0v) is 9.35. The first kappa shape index (κ1) is 17.5. The smallest absolute Gasteiger partial charge is 0.303 e. The van der Waals surface area contributed by atoms with E-state index in [9.17, 15) is 4.79 Å². The minimum Gasteiger partial charge on any atom is -0.481 e. The van der Waals surface area contributed by atoms with Crippen LogP contribution in [0.2, 0.25) is 0 Å². The molecule has 0 saturated heterocycles.